The molecule has 0 saturated heterocycles. The van der Waals surface area contributed by atoms with Crippen LogP contribution < -0.4 is 25.0 Å². The highest BCUT2D eigenvalue weighted by Gasteiger charge is 2.37. The number of pyridine rings is 1. The average molecular weight is 649 g/mol. The molecule has 2 N–H and O–H groups in total. The van der Waals surface area contributed by atoms with E-state index in [2.05, 4.69) is 10.6 Å². The first-order valence-electron chi connectivity index (χ1n) is 16.0. The molecular weight excluding hydrogens is 604 g/mol. The molecule has 10 heteroatoms. The number of amides is 2. The van der Waals surface area contributed by atoms with Crippen LogP contribution in [0.1, 0.15) is 83.0 Å². The van der Waals surface area contributed by atoms with Crippen molar-refractivity contribution in [3.05, 3.63) is 76.4 Å². The number of hydrogen-bond donors (Lipinski definition) is 2. The highest BCUT2D eigenvalue weighted by molar-refractivity contribution is 6.30. The molecule has 1 atom stereocenters. The van der Waals surface area contributed by atoms with E-state index in [-0.39, 0.29) is 30.6 Å². The lowest BCUT2D eigenvalue weighted by atomic mass is 9.86. The Morgan fingerprint density at radius 2 is 1.76 bits per heavy atom. The monoisotopic (exact) mass is 648 g/mol. The summed E-state index contributed by atoms with van der Waals surface area (Å²) in [6, 6.07) is 15.0. The molecule has 1 saturated carbocycles. The Labute approximate surface area is 277 Å². The Kier molecular flexibility index (Phi) is 10.3. The van der Waals surface area contributed by atoms with E-state index in [0.29, 0.717) is 28.3 Å². The number of methoxy groups -OCH3 is 1. The van der Waals surface area contributed by atoms with Gasteiger partial charge in [-0.3, -0.25) is 9.69 Å². The van der Waals surface area contributed by atoms with Crippen LogP contribution in [0.2, 0.25) is 5.02 Å². The number of rotatable bonds is 9. The molecule has 1 aliphatic carbocycles. The number of benzene rings is 2. The van der Waals surface area contributed by atoms with Crippen LogP contribution in [0.5, 0.6) is 11.5 Å². The summed E-state index contributed by atoms with van der Waals surface area (Å²) in [4.78, 5) is 32.5. The summed E-state index contributed by atoms with van der Waals surface area (Å²) in [6.07, 6.45) is 5.46. The largest absolute Gasteiger partial charge is 0.493 e. The zero-order valence-corrected chi connectivity index (χ0v) is 28.3. The maximum Gasteiger partial charge on any atom is 0.407 e. The van der Waals surface area contributed by atoms with Gasteiger partial charge in [0.25, 0.3) is 0 Å². The predicted molar refractivity (Wildman–Crippen MR) is 181 cm³/mol. The molecule has 0 radical (unpaired) electrons. The molecule has 0 bridgehead atoms. The second kappa shape index (κ2) is 14.2. The Morgan fingerprint density at radius 3 is 2.37 bits per heavy atom. The lowest BCUT2D eigenvalue weighted by Crippen LogP contribution is -2.41. The van der Waals surface area contributed by atoms with Gasteiger partial charge >= 0.3 is 6.09 Å². The Morgan fingerprint density at radius 1 is 1.04 bits per heavy atom. The molecule has 2 aromatic carbocycles. The first-order valence-corrected chi connectivity index (χ1v) is 16.4. The van der Waals surface area contributed by atoms with E-state index in [4.69, 9.17) is 30.8 Å². The molecule has 5 rings (SSSR count). The van der Waals surface area contributed by atoms with Crippen LogP contribution in [0.15, 0.2) is 54.7 Å². The molecule has 0 spiro atoms. The quantitative estimate of drug-likeness (QED) is 0.245. The Hall–Kier alpha value is -3.98. The fourth-order valence-corrected chi connectivity index (χ4v) is 6.30. The molecule has 2 amide bonds. The average Bonchev–Trinajstić information content (AvgIpc) is 2.99. The smallest absolute Gasteiger partial charge is 0.407 e. The lowest BCUT2D eigenvalue weighted by molar-refractivity contribution is -0.118. The number of carbonyl (C=O) groups excluding carboxylic acids is 2. The highest BCUT2D eigenvalue weighted by atomic mass is 35.5. The van der Waals surface area contributed by atoms with Gasteiger partial charge in [-0.25, -0.2) is 9.78 Å². The van der Waals surface area contributed by atoms with E-state index >= 15 is 0 Å². The van der Waals surface area contributed by atoms with Gasteiger partial charge in [0.1, 0.15) is 11.4 Å². The van der Waals surface area contributed by atoms with Crippen LogP contribution in [-0.4, -0.2) is 48.4 Å². The zero-order chi connectivity index (χ0) is 33.0. The molecule has 2 aliphatic rings. The van der Waals surface area contributed by atoms with Crippen molar-refractivity contribution >= 4 is 35.1 Å². The second-order valence-corrected chi connectivity index (χ2v) is 13.8. The molecule has 1 aliphatic heterocycles. The van der Waals surface area contributed by atoms with Crippen molar-refractivity contribution in [2.75, 3.05) is 23.9 Å². The van der Waals surface area contributed by atoms with Gasteiger partial charge in [-0.1, -0.05) is 23.7 Å². The van der Waals surface area contributed by atoms with E-state index < -0.39 is 11.6 Å². The SMILES string of the molecule is COc1cc2c(cc1OC(C)C)[C@H](c1ccc(Cl)cc1)N(c1ccc(NCC3CCC(NC(=O)OC(C)(C)C)CC3)cn1)C(=O)C2. The van der Waals surface area contributed by atoms with Crippen LogP contribution in [0.25, 0.3) is 0 Å². The third kappa shape index (κ3) is 8.23. The summed E-state index contributed by atoms with van der Waals surface area (Å²) in [5.41, 5.74) is 3.16. The molecule has 9 nitrogen and oxygen atoms in total. The molecule has 46 heavy (non-hydrogen) atoms. The Balaban J connectivity index is 1.30. The van der Waals surface area contributed by atoms with Gasteiger partial charge in [-0.05, 0) is 119 Å². The number of halogens is 1. The zero-order valence-electron chi connectivity index (χ0n) is 27.6. The number of hydrogen-bond acceptors (Lipinski definition) is 7. The van der Waals surface area contributed by atoms with Gasteiger partial charge in [0, 0.05) is 17.6 Å². The molecule has 1 fully saturated rings. The van der Waals surface area contributed by atoms with Gasteiger partial charge in [-0.15, -0.1) is 0 Å². The topological polar surface area (TPSA) is 102 Å². The fraction of sp³-hybridized carbons (Fsp3) is 0.472. The van der Waals surface area contributed by atoms with Crippen LogP contribution in [0.3, 0.4) is 0 Å². The molecule has 246 valence electrons. The minimum atomic E-state index is -0.503. The predicted octanol–water partition coefficient (Wildman–Crippen LogP) is 7.70. The molecule has 3 aromatic rings. The van der Waals surface area contributed by atoms with Crippen molar-refractivity contribution in [1.29, 1.82) is 0 Å². The van der Waals surface area contributed by atoms with Gasteiger partial charge in [0.15, 0.2) is 11.5 Å². The van der Waals surface area contributed by atoms with E-state index in [1.165, 1.54) is 0 Å². The summed E-state index contributed by atoms with van der Waals surface area (Å²) in [6.45, 7) is 10.4. The first-order chi connectivity index (χ1) is 21.9. The maximum atomic E-state index is 13.8. The second-order valence-electron chi connectivity index (χ2n) is 13.4. The van der Waals surface area contributed by atoms with Crippen molar-refractivity contribution in [3.63, 3.8) is 0 Å². The lowest BCUT2D eigenvalue weighted by Gasteiger charge is -2.37. The number of aromatic nitrogens is 1. The van der Waals surface area contributed by atoms with E-state index in [1.54, 1.807) is 18.2 Å². The van der Waals surface area contributed by atoms with Crippen LogP contribution in [0, 0.1) is 5.92 Å². The highest BCUT2D eigenvalue weighted by Crippen LogP contribution is 2.43. The normalized spacial score (nSPS) is 19.8. The van der Waals surface area contributed by atoms with Crippen LogP contribution in [-0.2, 0) is 16.0 Å². The standard InChI is InChI=1S/C36H45ClN4O5/c1-22(2)45-31-19-29-25(17-30(31)44-6)18-33(42)41(34(29)24-9-11-26(37)12-10-24)32-16-15-28(21-39-32)38-20-23-7-13-27(14-8-23)40-35(43)46-36(3,4)5/h9-12,15-17,19,21-23,27,34,38H,7-8,13-14,18,20H2,1-6H3,(H,40,43)/t23?,27?,34-/m0/s1. The van der Waals surface area contributed by atoms with Crippen molar-refractivity contribution in [2.45, 2.75) is 90.5 Å². The number of carbonyl (C=O) groups is 2. The van der Waals surface area contributed by atoms with E-state index in [1.807, 2.05) is 83.1 Å². The fourth-order valence-electron chi connectivity index (χ4n) is 6.18. The number of ether oxygens (including phenoxy) is 3. The molecule has 2 heterocycles. The molecular formula is C36H45ClN4O5. The summed E-state index contributed by atoms with van der Waals surface area (Å²) >= 11 is 6.25. The van der Waals surface area contributed by atoms with Crippen LogP contribution >= 0.6 is 11.6 Å². The summed E-state index contributed by atoms with van der Waals surface area (Å²) in [7, 11) is 1.61. The molecule has 0 unspecified atom stereocenters. The number of nitrogens with zero attached hydrogens (tertiary/aromatic N) is 2. The van der Waals surface area contributed by atoms with Gasteiger partial charge in [-0.2, -0.15) is 0 Å². The summed E-state index contributed by atoms with van der Waals surface area (Å²) in [5, 5.41) is 7.15. The van der Waals surface area contributed by atoms with Crippen molar-refractivity contribution < 1.29 is 23.8 Å². The van der Waals surface area contributed by atoms with Gasteiger partial charge < -0.3 is 24.8 Å². The minimum absolute atomic E-state index is 0.0482. The van der Waals surface area contributed by atoms with Crippen molar-refractivity contribution in [3.8, 4) is 11.5 Å². The third-order valence-corrected chi connectivity index (χ3v) is 8.55. The summed E-state index contributed by atoms with van der Waals surface area (Å²) in [5.74, 6) is 2.23. The third-order valence-electron chi connectivity index (χ3n) is 8.29. The van der Waals surface area contributed by atoms with E-state index in [9.17, 15) is 9.59 Å². The Bertz CT molecular complexity index is 1510. The molecule has 1 aromatic heterocycles. The van der Waals surface area contributed by atoms with Gasteiger partial charge in [0.05, 0.1) is 37.6 Å². The minimum Gasteiger partial charge on any atom is -0.493 e. The number of nitrogens with one attached hydrogen (secondary N) is 2. The number of alkyl carbamates (subject to hydrolysis) is 1. The number of anilines is 2. The number of fused-ring (bicyclic) bond motifs is 1. The van der Waals surface area contributed by atoms with E-state index in [0.717, 1.165) is 54.6 Å². The van der Waals surface area contributed by atoms with Crippen molar-refractivity contribution in [1.82, 2.24) is 10.3 Å². The van der Waals surface area contributed by atoms with Crippen LogP contribution in [0.4, 0.5) is 16.3 Å². The maximum absolute atomic E-state index is 13.8. The first kappa shape index (κ1) is 33.4. The van der Waals surface area contributed by atoms with Gasteiger partial charge in [0.2, 0.25) is 5.91 Å². The van der Waals surface area contributed by atoms with Crippen molar-refractivity contribution in [2.24, 2.45) is 5.92 Å². The summed E-state index contributed by atoms with van der Waals surface area (Å²) < 4.78 is 17.1.